The van der Waals surface area contributed by atoms with E-state index in [0.717, 1.165) is 0 Å². The fourth-order valence-electron chi connectivity index (χ4n) is 3.02. The zero-order valence-electron chi connectivity index (χ0n) is 13.7. The summed E-state index contributed by atoms with van der Waals surface area (Å²) in [6.07, 6.45) is 1.34. The van der Waals surface area contributed by atoms with Crippen LogP contribution in [0.15, 0.2) is 72.9 Å². The first-order valence-corrected chi connectivity index (χ1v) is 8.44. The molecule has 3 aromatic rings. The first-order valence-electron chi connectivity index (χ1n) is 8.07. The molecular weight excluding hydrogens is 350 g/mol. The van der Waals surface area contributed by atoms with E-state index in [1.807, 2.05) is 30.3 Å². The van der Waals surface area contributed by atoms with Gasteiger partial charge < -0.3 is 0 Å². The summed E-state index contributed by atoms with van der Waals surface area (Å²) >= 11 is 6.20. The van der Waals surface area contributed by atoms with Gasteiger partial charge in [-0.3, -0.25) is 19.4 Å². The van der Waals surface area contributed by atoms with Crippen LogP contribution in [0.4, 0.5) is 22.9 Å². The Bertz CT molecular complexity index is 977. The molecule has 0 N–H and O–H groups in total. The van der Waals surface area contributed by atoms with E-state index in [4.69, 9.17) is 11.6 Å². The van der Waals surface area contributed by atoms with Gasteiger partial charge >= 0.3 is 0 Å². The Labute approximate surface area is 155 Å². The predicted octanol–water partition coefficient (Wildman–Crippen LogP) is 4.47. The van der Waals surface area contributed by atoms with Crippen LogP contribution in [0, 0.1) is 0 Å². The van der Waals surface area contributed by atoms with Gasteiger partial charge in [-0.05, 0) is 42.5 Å². The number of benzene rings is 2. The van der Waals surface area contributed by atoms with Crippen LogP contribution in [0.25, 0.3) is 0 Å². The zero-order chi connectivity index (χ0) is 18.1. The molecule has 6 heteroatoms. The summed E-state index contributed by atoms with van der Waals surface area (Å²) in [6.45, 7) is 0. The lowest BCUT2D eigenvalue weighted by Gasteiger charge is -2.25. The molecule has 26 heavy (non-hydrogen) atoms. The third-order valence-electron chi connectivity index (χ3n) is 4.11. The SMILES string of the molecule is O=C1CC(=O)N(c2ccccn2)c2ccc(Cl)cc2N1c1ccccc1. The van der Waals surface area contributed by atoms with E-state index >= 15 is 0 Å². The maximum atomic E-state index is 12.9. The first kappa shape index (κ1) is 16.3. The molecule has 0 aliphatic carbocycles. The molecule has 0 saturated carbocycles. The summed E-state index contributed by atoms with van der Waals surface area (Å²) in [7, 11) is 0. The van der Waals surface area contributed by atoms with E-state index in [1.54, 1.807) is 42.6 Å². The van der Waals surface area contributed by atoms with Crippen molar-refractivity contribution in [1.82, 2.24) is 4.98 Å². The van der Waals surface area contributed by atoms with Gasteiger partial charge in [0, 0.05) is 16.9 Å². The number of nitrogens with zero attached hydrogens (tertiary/aromatic N) is 3. The van der Waals surface area contributed by atoms with Crippen molar-refractivity contribution in [3.05, 3.63) is 77.9 Å². The van der Waals surface area contributed by atoms with Crippen LogP contribution in [0.3, 0.4) is 0 Å². The minimum atomic E-state index is -0.337. The highest BCUT2D eigenvalue weighted by Crippen LogP contribution is 2.41. The normalized spacial score (nSPS) is 14.2. The molecule has 0 atom stereocenters. The topological polar surface area (TPSA) is 53.5 Å². The van der Waals surface area contributed by atoms with Gasteiger partial charge in [0.25, 0.3) is 0 Å². The highest BCUT2D eigenvalue weighted by atomic mass is 35.5. The second-order valence-electron chi connectivity index (χ2n) is 5.79. The average Bonchev–Trinajstić information content (AvgIpc) is 2.75. The number of fused-ring (bicyclic) bond motifs is 1. The Morgan fingerprint density at radius 2 is 1.54 bits per heavy atom. The fourth-order valence-corrected chi connectivity index (χ4v) is 3.18. The molecular formula is C20H14ClN3O2. The molecule has 5 nitrogen and oxygen atoms in total. The number of carbonyl (C=O) groups excluding carboxylic acids is 2. The van der Waals surface area contributed by atoms with Crippen molar-refractivity contribution >= 4 is 46.3 Å². The molecule has 0 fully saturated rings. The van der Waals surface area contributed by atoms with Gasteiger partial charge in [-0.15, -0.1) is 0 Å². The summed E-state index contributed by atoms with van der Waals surface area (Å²) < 4.78 is 0. The van der Waals surface area contributed by atoms with Crippen molar-refractivity contribution in [2.75, 3.05) is 9.80 Å². The Balaban J connectivity index is 1.96. The molecule has 1 aliphatic rings. The third-order valence-corrected chi connectivity index (χ3v) is 4.35. The summed E-state index contributed by atoms with van der Waals surface area (Å²) in [5.41, 5.74) is 1.79. The van der Waals surface area contributed by atoms with E-state index < -0.39 is 0 Å². The minimum absolute atomic E-state index is 0.266. The largest absolute Gasteiger partial charge is 0.278 e. The molecule has 1 aromatic heterocycles. The maximum Gasteiger partial charge on any atom is 0.242 e. The zero-order valence-corrected chi connectivity index (χ0v) is 14.4. The number of halogens is 1. The quantitative estimate of drug-likeness (QED) is 0.631. The van der Waals surface area contributed by atoms with Crippen LogP contribution in [-0.4, -0.2) is 16.8 Å². The molecule has 4 rings (SSSR count). The van der Waals surface area contributed by atoms with Crippen molar-refractivity contribution in [3.8, 4) is 0 Å². The van der Waals surface area contributed by atoms with Gasteiger partial charge in [0.05, 0.1) is 11.4 Å². The lowest BCUT2D eigenvalue weighted by molar-refractivity contribution is -0.125. The van der Waals surface area contributed by atoms with Crippen molar-refractivity contribution in [2.45, 2.75) is 6.42 Å². The van der Waals surface area contributed by atoms with Crippen LogP contribution >= 0.6 is 11.6 Å². The molecule has 1 aliphatic heterocycles. The number of hydrogen-bond acceptors (Lipinski definition) is 3. The summed E-state index contributed by atoms with van der Waals surface area (Å²) in [5, 5.41) is 0.479. The third kappa shape index (κ3) is 2.82. The number of pyridine rings is 1. The minimum Gasteiger partial charge on any atom is -0.278 e. The molecule has 0 spiro atoms. The maximum absolute atomic E-state index is 12.9. The monoisotopic (exact) mass is 363 g/mol. The van der Waals surface area contributed by atoms with E-state index in [0.29, 0.717) is 27.9 Å². The Hall–Kier alpha value is -3.18. The van der Waals surface area contributed by atoms with Gasteiger partial charge in [0.15, 0.2) is 0 Å². The van der Waals surface area contributed by atoms with Gasteiger partial charge in [0.2, 0.25) is 11.8 Å². The van der Waals surface area contributed by atoms with Crippen molar-refractivity contribution < 1.29 is 9.59 Å². The predicted molar refractivity (Wildman–Crippen MR) is 101 cm³/mol. The molecule has 0 saturated heterocycles. The number of anilines is 4. The number of aromatic nitrogens is 1. The van der Waals surface area contributed by atoms with Crippen LogP contribution in [0.2, 0.25) is 5.02 Å². The van der Waals surface area contributed by atoms with Crippen LogP contribution < -0.4 is 9.80 Å². The molecule has 2 amide bonds. The van der Waals surface area contributed by atoms with Gasteiger partial charge in [-0.25, -0.2) is 4.98 Å². The van der Waals surface area contributed by atoms with Gasteiger partial charge in [-0.1, -0.05) is 35.9 Å². The van der Waals surface area contributed by atoms with E-state index in [9.17, 15) is 9.59 Å². The number of hydrogen-bond donors (Lipinski definition) is 0. The summed E-state index contributed by atoms with van der Waals surface area (Å²) in [6, 6.07) is 19.6. The van der Waals surface area contributed by atoms with Crippen LogP contribution in [0.5, 0.6) is 0 Å². The molecule has 0 radical (unpaired) electrons. The number of rotatable bonds is 2. The molecule has 2 aromatic carbocycles. The molecule has 2 heterocycles. The second kappa shape index (κ2) is 6.61. The van der Waals surface area contributed by atoms with Crippen molar-refractivity contribution in [1.29, 1.82) is 0 Å². The highest BCUT2D eigenvalue weighted by molar-refractivity contribution is 6.31. The van der Waals surface area contributed by atoms with Crippen LogP contribution in [0.1, 0.15) is 6.42 Å². The smallest absolute Gasteiger partial charge is 0.242 e. The first-order chi connectivity index (χ1) is 12.6. The average molecular weight is 364 g/mol. The van der Waals surface area contributed by atoms with Crippen molar-refractivity contribution in [3.63, 3.8) is 0 Å². The summed E-state index contributed by atoms with van der Waals surface area (Å²) in [4.78, 5) is 33.0. The van der Waals surface area contributed by atoms with E-state index in [2.05, 4.69) is 4.98 Å². The molecule has 0 bridgehead atoms. The second-order valence-corrected chi connectivity index (χ2v) is 6.23. The van der Waals surface area contributed by atoms with E-state index in [1.165, 1.54) is 9.80 Å². The lowest BCUT2D eigenvalue weighted by atomic mass is 10.2. The van der Waals surface area contributed by atoms with Crippen molar-refractivity contribution in [2.24, 2.45) is 0 Å². The van der Waals surface area contributed by atoms with Gasteiger partial charge in [-0.2, -0.15) is 0 Å². The van der Waals surface area contributed by atoms with Crippen LogP contribution in [-0.2, 0) is 9.59 Å². The fraction of sp³-hybridized carbons (Fsp3) is 0.0500. The molecule has 128 valence electrons. The lowest BCUT2D eigenvalue weighted by Crippen LogP contribution is -2.29. The highest BCUT2D eigenvalue weighted by Gasteiger charge is 2.33. The number of amides is 2. The number of para-hydroxylation sites is 1. The van der Waals surface area contributed by atoms with E-state index in [-0.39, 0.29) is 18.2 Å². The Kier molecular flexibility index (Phi) is 4.14. The van der Waals surface area contributed by atoms with Gasteiger partial charge in [0.1, 0.15) is 12.2 Å². The Morgan fingerprint density at radius 3 is 2.27 bits per heavy atom. The number of carbonyl (C=O) groups is 2. The standard InChI is InChI=1S/C20H14ClN3O2/c21-14-9-10-16-17(12-14)23(15-6-2-1-3-7-15)19(25)13-20(26)24(16)18-8-4-5-11-22-18/h1-12H,13H2. The molecule has 0 unspecified atom stereocenters. The Morgan fingerprint density at radius 1 is 0.808 bits per heavy atom. The summed E-state index contributed by atoms with van der Waals surface area (Å²) in [5.74, 6) is -0.192.